The van der Waals surface area contributed by atoms with Gasteiger partial charge >= 0.3 is 0 Å². The van der Waals surface area contributed by atoms with Gasteiger partial charge in [0.15, 0.2) is 5.13 Å². The van der Waals surface area contributed by atoms with Gasteiger partial charge in [-0.3, -0.25) is 9.48 Å². The van der Waals surface area contributed by atoms with Gasteiger partial charge in [0.2, 0.25) is 5.91 Å². The Bertz CT molecular complexity index is 449. The molecular weight excluding hydrogens is 214 g/mol. The van der Waals surface area contributed by atoms with Crippen molar-refractivity contribution in [3.8, 4) is 0 Å². The van der Waals surface area contributed by atoms with Crippen molar-refractivity contribution in [2.45, 2.75) is 6.42 Å². The van der Waals surface area contributed by atoms with Crippen molar-refractivity contribution in [1.82, 2.24) is 20.0 Å². The SMILES string of the molecule is Cn1nncc1CC(=O)Nc1nccs1. The Kier molecular flexibility index (Phi) is 2.72. The third-order valence-electron chi connectivity index (χ3n) is 1.83. The maximum Gasteiger partial charge on any atom is 0.232 e. The van der Waals surface area contributed by atoms with Crippen molar-refractivity contribution >= 4 is 22.4 Å². The summed E-state index contributed by atoms with van der Waals surface area (Å²) in [5.41, 5.74) is 0.768. The van der Waals surface area contributed by atoms with Crippen LogP contribution in [-0.2, 0) is 18.3 Å². The molecule has 15 heavy (non-hydrogen) atoms. The van der Waals surface area contributed by atoms with Crippen molar-refractivity contribution in [2.75, 3.05) is 5.32 Å². The van der Waals surface area contributed by atoms with Gasteiger partial charge in [-0.1, -0.05) is 5.21 Å². The topological polar surface area (TPSA) is 72.7 Å². The van der Waals surface area contributed by atoms with Crippen LogP contribution >= 0.6 is 11.3 Å². The van der Waals surface area contributed by atoms with E-state index >= 15 is 0 Å². The lowest BCUT2D eigenvalue weighted by Crippen LogP contribution is -2.16. The Morgan fingerprint density at radius 1 is 1.67 bits per heavy atom. The molecule has 0 unspecified atom stereocenters. The van der Waals surface area contributed by atoms with Crippen LogP contribution in [0.4, 0.5) is 5.13 Å². The molecule has 0 aromatic carbocycles. The average Bonchev–Trinajstić information content (AvgIpc) is 2.79. The number of anilines is 1. The minimum absolute atomic E-state index is 0.115. The average molecular weight is 223 g/mol. The Labute approximate surface area is 90.0 Å². The molecule has 1 N–H and O–H groups in total. The number of nitrogens with zero attached hydrogens (tertiary/aromatic N) is 4. The molecule has 0 fully saturated rings. The number of aromatic nitrogens is 4. The summed E-state index contributed by atoms with van der Waals surface area (Å²) in [6, 6.07) is 0. The monoisotopic (exact) mass is 223 g/mol. The second-order valence-corrected chi connectivity index (χ2v) is 3.81. The number of nitrogens with one attached hydrogen (secondary N) is 1. The first-order chi connectivity index (χ1) is 7.25. The second-order valence-electron chi connectivity index (χ2n) is 2.91. The highest BCUT2D eigenvalue weighted by Gasteiger charge is 2.08. The quantitative estimate of drug-likeness (QED) is 0.820. The van der Waals surface area contributed by atoms with E-state index in [4.69, 9.17) is 0 Å². The van der Waals surface area contributed by atoms with E-state index in [1.54, 1.807) is 29.5 Å². The molecule has 2 rings (SSSR count). The molecule has 7 heteroatoms. The van der Waals surface area contributed by atoms with Crippen molar-refractivity contribution in [3.05, 3.63) is 23.5 Å². The maximum absolute atomic E-state index is 11.5. The number of hydrogen-bond donors (Lipinski definition) is 1. The van der Waals surface area contributed by atoms with Crippen LogP contribution < -0.4 is 5.32 Å². The van der Waals surface area contributed by atoms with E-state index in [-0.39, 0.29) is 12.3 Å². The lowest BCUT2D eigenvalue weighted by molar-refractivity contribution is -0.115. The first kappa shape index (κ1) is 9.78. The molecule has 0 aliphatic rings. The van der Waals surface area contributed by atoms with E-state index in [1.165, 1.54) is 11.3 Å². The van der Waals surface area contributed by atoms with Crippen LogP contribution in [0.15, 0.2) is 17.8 Å². The fourth-order valence-electron chi connectivity index (χ4n) is 1.08. The van der Waals surface area contributed by atoms with E-state index < -0.39 is 0 Å². The lowest BCUT2D eigenvalue weighted by Gasteiger charge is -2.00. The summed E-state index contributed by atoms with van der Waals surface area (Å²) in [5, 5.41) is 12.5. The van der Waals surface area contributed by atoms with Crippen molar-refractivity contribution in [2.24, 2.45) is 7.05 Å². The summed E-state index contributed by atoms with van der Waals surface area (Å²) in [5.74, 6) is -0.115. The van der Waals surface area contributed by atoms with Gasteiger partial charge in [0, 0.05) is 18.6 Å². The summed E-state index contributed by atoms with van der Waals surface area (Å²) in [7, 11) is 1.75. The van der Waals surface area contributed by atoms with Crippen LogP contribution in [-0.4, -0.2) is 25.9 Å². The molecule has 0 bridgehead atoms. The highest BCUT2D eigenvalue weighted by atomic mass is 32.1. The van der Waals surface area contributed by atoms with Crippen LogP contribution in [0.25, 0.3) is 0 Å². The Hall–Kier alpha value is -1.76. The minimum Gasteiger partial charge on any atom is -0.302 e. The number of hydrogen-bond acceptors (Lipinski definition) is 5. The van der Waals surface area contributed by atoms with Gasteiger partial charge in [-0.05, 0) is 0 Å². The molecule has 2 aromatic heterocycles. The second kappa shape index (κ2) is 4.18. The number of thiazole rings is 1. The number of carbonyl (C=O) groups excluding carboxylic acids is 1. The lowest BCUT2D eigenvalue weighted by atomic mass is 10.3. The van der Waals surface area contributed by atoms with Crippen LogP contribution in [0.1, 0.15) is 5.69 Å². The zero-order valence-electron chi connectivity index (χ0n) is 8.04. The van der Waals surface area contributed by atoms with Crippen LogP contribution in [0.2, 0.25) is 0 Å². The Morgan fingerprint density at radius 3 is 3.13 bits per heavy atom. The van der Waals surface area contributed by atoms with Gasteiger partial charge in [-0.2, -0.15) is 0 Å². The third kappa shape index (κ3) is 2.38. The molecular formula is C8H9N5OS. The van der Waals surface area contributed by atoms with Crippen molar-refractivity contribution in [1.29, 1.82) is 0 Å². The van der Waals surface area contributed by atoms with E-state index in [0.29, 0.717) is 5.13 Å². The Balaban J connectivity index is 1.96. The molecule has 2 heterocycles. The van der Waals surface area contributed by atoms with Crippen LogP contribution in [0.5, 0.6) is 0 Å². The molecule has 0 atom stereocenters. The van der Waals surface area contributed by atoms with Gasteiger partial charge in [0.25, 0.3) is 0 Å². The number of aryl methyl sites for hydroxylation is 1. The highest BCUT2D eigenvalue weighted by molar-refractivity contribution is 7.13. The van der Waals surface area contributed by atoms with Gasteiger partial charge in [0.1, 0.15) is 0 Å². The molecule has 0 aliphatic carbocycles. The van der Waals surface area contributed by atoms with Gasteiger partial charge in [-0.15, -0.1) is 16.4 Å². The molecule has 78 valence electrons. The predicted octanol–water partition coefficient (Wildman–Crippen LogP) is 0.453. The van der Waals surface area contributed by atoms with Crippen LogP contribution in [0.3, 0.4) is 0 Å². The normalized spacial score (nSPS) is 10.2. The van der Waals surface area contributed by atoms with Gasteiger partial charge in [-0.25, -0.2) is 4.98 Å². The molecule has 0 saturated heterocycles. The number of carbonyl (C=O) groups is 1. The third-order valence-corrected chi connectivity index (χ3v) is 2.52. The zero-order chi connectivity index (χ0) is 10.7. The van der Waals surface area contributed by atoms with Crippen LogP contribution in [0, 0.1) is 0 Å². The first-order valence-corrected chi connectivity index (χ1v) is 5.16. The standard InChI is InChI=1S/C8H9N5OS/c1-13-6(5-10-12-13)4-7(14)11-8-9-2-3-15-8/h2-3,5H,4H2,1H3,(H,9,11,14). The van der Waals surface area contributed by atoms with Crippen molar-refractivity contribution < 1.29 is 4.79 Å². The summed E-state index contributed by atoms with van der Waals surface area (Å²) >= 11 is 1.39. The maximum atomic E-state index is 11.5. The molecule has 0 radical (unpaired) electrons. The predicted molar refractivity (Wildman–Crippen MR) is 55.5 cm³/mol. The highest BCUT2D eigenvalue weighted by Crippen LogP contribution is 2.10. The largest absolute Gasteiger partial charge is 0.302 e. The minimum atomic E-state index is -0.115. The molecule has 1 amide bonds. The fourth-order valence-corrected chi connectivity index (χ4v) is 1.63. The van der Waals surface area contributed by atoms with Crippen molar-refractivity contribution in [3.63, 3.8) is 0 Å². The van der Waals surface area contributed by atoms with E-state index in [1.807, 2.05) is 0 Å². The zero-order valence-corrected chi connectivity index (χ0v) is 8.86. The molecule has 2 aromatic rings. The summed E-state index contributed by atoms with van der Waals surface area (Å²) < 4.78 is 1.57. The Morgan fingerprint density at radius 2 is 2.53 bits per heavy atom. The summed E-state index contributed by atoms with van der Waals surface area (Å²) in [6.45, 7) is 0. The molecule has 0 saturated carbocycles. The molecule has 0 aliphatic heterocycles. The first-order valence-electron chi connectivity index (χ1n) is 4.28. The van der Waals surface area contributed by atoms with Gasteiger partial charge in [0.05, 0.1) is 18.3 Å². The van der Waals surface area contributed by atoms with E-state index in [9.17, 15) is 4.79 Å². The summed E-state index contributed by atoms with van der Waals surface area (Å²) in [6.07, 6.45) is 3.47. The van der Waals surface area contributed by atoms with E-state index in [2.05, 4.69) is 20.6 Å². The smallest absolute Gasteiger partial charge is 0.232 e. The number of amides is 1. The van der Waals surface area contributed by atoms with E-state index in [0.717, 1.165) is 5.69 Å². The summed E-state index contributed by atoms with van der Waals surface area (Å²) in [4.78, 5) is 15.5. The van der Waals surface area contributed by atoms with Gasteiger partial charge < -0.3 is 5.32 Å². The number of rotatable bonds is 3. The molecule has 0 spiro atoms. The molecule has 6 nitrogen and oxygen atoms in total. The fraction of sp³-hybridized carbons (Fsp3) is 0.250.